The van der Waals surface area contributed by atoms with Gasteiger partial charge >= 0.3 is 0 Å². The first-order chi connectivity index (χ1) is 8.21. The molecule has 0 heterocycles. The Morgan fingerprint density at radius 2 is 1.94 bits per heavy atom. The Labute approximate surface area is 103 Å². The fourth-order valence-corrected chi connectivity index (χ4v) is 2.74. The molecule has 0 saturated heterocycles. The largest absolute Gasteiger partial charge is 0.497 e. The second-order valence-corrected chi connectivity index (χ2v) is 4.65. The van der Waals surface area contributed by atoms with E-state index in [4.69, 9.17) is 9.47 Å². The zero-order valence-electron chi connectivity index (χ0n) is 11.0. The molecule has 0 aliphatic heterocycles. The number of fused-ring (bicyclic) bond motifs is 1. The van der Waals surface area contributed by atoms with Crippen molar-refractivity contribution in [2.24, 2.45) is 0 Å². The normalized spacial score (nSPS) is 23.1. The van der Waals surface area contributed by atoms with Gasteiger partial charge in [0, 0.05) is 17.7 Å². The Morgan fingerprint density at radius 3 is 2.53 bits per heavy atom. The van der Waals surface area contributed by atoms with Gasteiger partial charge in [-0.2, -0.15) is 0 Å². The van der Waals surface area contributed by atoms with Gasteiger partial charge in [-0.3, -0.25) is 0 Å². The third-order valence-electron chi connectivity index (χ3n) is 3.71. The van der Waals surface area contributed by atoms with E-state index in [-0.39, 0.29) is 0 Å². The molecule has 0 spiro atoms. The molecule has 0 amide bonds. The Morgan fingerprint density at radius 1 is 1.18 bits per heavy atom. The highest BCUT2D eigenvalue weighted by atomic mass is 16.5. The van der Waals surface area contributed by atoms with Crippen molar-refractivity contribution in [2.75, 3.05) is 21.3 Å². The van der Waals surface area contributed by atoms with Crippen molar-refractivity contribution in [2.45, 2.75) is 31.7 Å². The first kappa shape index (κ1) is 12.2. The molecule has 1 aliphatic carbocycles. The number of benzene rings is 1. The molecular weight excluding hydrogens is 214 g/mol. The number of nitrogens with one attached hydrogen (secondary N) is 1. The molecule has 1 aromatic carbocycles. The second kappa shape index (κ2) is 4.96. The minimum absolute atomic E-state index is 0.408. The molecule has 1 aromatic rings. The molecule has 0 saturated carbocycles. The average molecular weight is 235 g/mol. The van der Waals surface area contributed by atoms with E-state index < -0.39 is 0 Å². The summed E-state index contributed by atoms with van der Waals surface area (Å²) in [4.78, 5) is 0. The summed E-state index contributed by atoms with van der Waals surface area (Å²) in [5.74, 6) is 2.37. The van der Waals surface area contributed by atoms with Crippen LogP contribution in [0.2, 0.25) is 0 Å². The van der Waals surface area contributed by atoms with Crippen LogP contribution >= 0.6 is 0 Å². The van der Waals surface area contributed by atoms with Gasteiger partial charge in [-0.15, -0.1) is 0 Å². The number of ether oxygens (including phenoxy) is 2. The van der Waals surface area contributed by atoms with E-state index >= 15 is 0 Å². The summed E-state index contributed by atoms with van der Waals surface area (Å²) < 4.78 is 10.9. The summed E-state index contributed by atoms with van der Waals surface area (Å²) in [6.07, 6.45) is 2.36. The van der Waals surface area contributed by atoms with Crippen LogP contribution in [0, 0.1) is 0 Å². The standard InChI is InChI=1S/C14H21NO2/c1-9-5-6-12(15-2)11-7-10(16-3)8-13(17-4)14(9)11/h7-9,12,15H,5-6H2,1-4H3. The third kappa shape index (κ3) is 2.12. The van der Waals surface area contributed by atoms with Gasteiger partial charge in [0.15, 0.2) is 0 Å². The van der Waals surface area contributed by atoms with Gasteiger partial charge in [0.05, 0.1) is 14.2 Å². The predicted molar refractivity (Wildman–Crippen MR) is 69.0 cm³/mol. The molecule has 2 rings (SSSR count). The molecular formula is C14H21NO2. The predicted octanol–water partition coefficient (Wildman–Crippen LogP) is 2.86. The van der Waals surface area contributed by atoms with Gasteiger partial charge in [0.1, 0.15) is 11.5 Å². The molecule has 1 N–H and O–H groups in total. The fourth-order valence-electron chi connectivity index (χ4n) is 2.74. The number of hydrogen-bond acceptors (Lipinski definition) is 3. The first-order valence-electron chi connectivity index (χ1n) is 6.14. The lowest BCUT2D eigenvalue weighted by Crippen LogP contribution is -2.23. The quantitative estimate of drug-likeness (QED) is 0.874. The van der Waals surface area contributed by atoms with Crippen molar-refractivity contribution in [3.8, 4) is 11.5 Å². The molecule has 0 bridgehead atoms. The van der Waals surface area contributed by atoms with Crippen LogP contribution in [0.1, 0.15) is 42.9 Å². The molecule has 2 unspecified atom stereocenters. The maximum absolute atomic E-state index is 5.51. The van der Waals surface area contributed by atoms with E-state index in [1.54, 1.807) is 14.2 Å². The smallest absolute Gasteiger partial charge is 0.126 e. The summed E-state index contributed by atoms with van der Waals surface area (Å²) in [7, 11) is 5.43. The molecule has 17 heavy (non-hydrogen) atoms. The summed E-state index contributed by atoms with van der Waals surface area (Å²) in [5, 5.41) is 3.37. The van der Waals surface area contributed by atoms with Gasteiger partial charge in [0.25, 0.3) is 0 Å². The van der Waals surface area contributed by atoms with E-state index in [9.17, 15) is 0 Å². The summed E-state index contributed by atoms with van der Waals surface area (Å²) in [6, 6.07) is 4.52. The van der Waals surface area contributed by atoms with Crippen molar-refractivity contribution >= 4 is 0 Å². The lowest BCUT2D eigenvalue weighted by molar-refractivity contribution is 0.373. The van der Waals surface area contributed by atoms with Gasteiger partial charge in [-0.25, -0.2) is 0 Å². The van der Waals surface area contributed by atoms with Gasteiger partial charge in [-0.05, 0) is 37.4 Å². The molecule has 0 aromatic heterocycles. The minimum atomic E-state index is 0.408. The van der Waals surface area contributed by atoms with E-state index in [1.807, 2.05) is 13.1 Å². The van der Waals surface area contributed by atoms with Crippen LogP contribution in [0.25, 0.3) is 0 Å². The maximum atomic E-state index is 5.51. The molecule has 3 heteroatoms. The van der Waals surface area contributed by atoms with Crippen molar-refractivity contribution < 1.29 is 9.47 Å². The number of hydrogen-bond donors (Lipinski definition) is 1. The van der Waals surface area contributed by atoms with E-state index in [2.05, 4.69) is 18.3 Å². The lowest BCUT2D eigenvalue weighted by Gasteiger charge is -2.31. The number of methoxy groups -OCH3 is 2. The zero-order chi connectivity index (χ0) is 12.4. The van der Waals surface area contributed by atoms with E-state index in [0.29, 0.717) is 12.0 Å². The summed E-state index contributed by atoms with van der Waals surface area (Å²) in [5.41, 5.74) is 2.65. The molecule has 94 valence electrons. The highest BCUT2D eigenvalue weighted by molar-refractivity contribution is 5.50. The monoisotopic (exact) mass is 235 g/mol. The topological polar surface area (TPSA) is 30.5 Å². The molecule has 2 atom stereocenters. The Balaban J connectivity index is 2.56. The van der Waals surface area contributed by atoms with Crippen LogP contribution in [-0.4, -0.2) is 21.3 Å². The number of rotatable bonds is 3. The van der Waals surface area contributed by atoms with Gasteiger partial charge < -0.3 is 14.8 Å². The molecule has 0 fully saturated rings. The lowest BCUT2D eigenvalue weighted by atomic mass is 9.80. The molecule has 3 nitrogen and oxygen atoms in total. The SMILES string of the molecule is CNC1CCC(C)c2c(OC)cc(OC)cc21. The van der Waals surface area contributed by atoms with Gasteiger partial charge in [-0.1, -0.05) is 6.92 Å². The summed E-state index contributed by atoms with van der Waals surface area (Å²) in [6.45, 7) is 2.26. The van der Waals surface area contributed by atoms with Crippen LogP contribution in [0.4, 0.5) is 0 Å². The zero-order valence-corrected chi connectivity index (χ0v) is 11.0. The van der Waals surface area contributed by atoms with Gasteiger partial charge in [0.2, 0.25) is 0 Å². The average Bonchev–Trinajstić information content (AvgIpc) is 2.37. The van der Waals surface area contributed by atoms with Crippen LogP contribution in [0.3, 0.4) is 0 Å². The van der Waals surface area contributed by atoms with Crippen LogP contribution in [0.15, 0.2) is 12.1 Å². The fraction of sp³-hybridized carbons (Fsp3) is 0.571. The van der Waals surface area contributed by atoms with Crippen molar-refractivity contribution in [1.29, 1.82) is 0 Å². The van der Waals surface area contributed by atoms with Crippen molar-refractivity contribution in [3.05, 3.63) is 23.3 Å². The Kier molecular flexibility index (Phi) is 3.57. The maximum Gasteiger partial charge on any atom is 0.126 e. The highest BCUT2D eigenvalue weighted by Crippen LogP contribution is 2.44. The Bertz CT molecular complexity index is 403. The van der Waals surface area contributed by atoms with Crippen molar-refractivity contribution in [3.63, 3.8) is 0 Å². The summed E-state index contributed by atoms with van der Waals surface area (Å²) >= 11 is 0. The third-order valence-corrected chi connectivity index (χ3v) is 3.71. The highest BCUT2D eigenvalue weighted by Gasteiger charge is 2.27. The minimum Gasteiger partial charge on any atom is -0.497 e. The van der Waals surface area contributed by atoms with Crippen LogP contribution in [-0.2, 0) is 0 Å². The van der Waals surface area contributed by atoms with E-state index in [1.165, 1.54) is 24.0 Å². The van der Waals surface area contributed by atoms with Crippen LogP contribution < -0.4 is 14.8 Å². The Hall–Kier alpha value is -1.22. The first-order valence-corrected chi connectivity index (χ1v) is 6.14. The molecule has 0 radical (unpaired) electrons. The molecule has 1 aliphatic rings. The second-order valence-electron chi connectivity index (χ2n) is 4.65. The van der Waals surface area contributed by atoms with E-state index in [0.717, 1.165) is 11.5 Å². The van der Waals surface area contributed by atoms with Crippen molar-refractivity contribution in [1.82, 2.24) is 5.32 Å². The van der Waals surface area contributed by atoms with Crippen LogP contribution in [0.5, 0.6) is 11.5 Å².